The standard InChI is InChI=1S/C16H18N2O4/c19-14-12(7-3-4-8-17-14)18-15(20)13-9-10-5-1-2-6-11(10)16(21)22-13/h1-2,5-6,12-13H,3-4,7-9H2,(H,17,19)(H,18,20). The summed E-state index contributed by atoms with van der Waals surface area (Å²) < 4.78 is 5.20. The van der Waals surface area contributed by atoms with Crippen LogP contribution in [0, 0.1) is 0 Å². The minimum atomic E-state index is -0.876. The van der Waals surface area contributed by atoms with Crippen LogP contribution in [-0.2, 0) is 20.7 Å². The Bertz CT molecular complexity index is 614. The SMILES string of the molecule is O=C1OC(C(=O)NC2CCCCNC2=O)Cc2ccccc21. The van der Waals surface area contributed by atoms with Gasteiger partial charge in [-0.2, -0.15) is 0 Å². The Labute approximate surface area is 128 Å². The Balaban J connectivity index is 1.68. The van der Waals surface area contributed by atoms with Crippen LogP contribution < -0.4 is 10.6 Å². The lowest BCUT2D eigenvalue weighted by Gasteiger charge is -2.25. The maximum absolute atomic E-state index is 12.3. The fourth-order valence-electron chi connectivity index (χ4n) is 2.82. The van der Waals surface area contributed by atoms with E-state index in [1.165, 1.54) is 0 Å². The van der Waals surface area contributed by atoms with Crippen molar-refractivity contribution in [3.8, 4) is 0 Å². The molecule has 2 aliphatic heterocycles. The van der Waals surface area contributed by atoms with Crippen LogP contribution >= 0.6 is 0 Å². The Morgan fingerprint density at radius 2 is 2.05 bits per heavy atom. The molecule has 0 radical (unpaired) electrons. The van der Waals surface area contributed by atoms with Crippen molar-refractivity contribution in [2.75, 3.05) is 6.54 Å². The lowest BCUT2D eigenvalue weighted by Crippen LogP contribution is -2.50. The van der Waals surface area contributed by atoms with Crippen LogP contribution in [0.3, 0.4) is 0 Å². The Morgan fingerprint density at radius 3 is 2.91 bits per heavy atom. The van der Waals surface area contributed by atoms with Crippen molar-refractivity contribution in [1.82, 2.24) is 10.6 Å². The van der Waals surface area contributed by atoms with E-state index in [-0.39, 0.29) is 5.91 Å². The maximum atomic E-state index is 12.3. The number of benzene rings is 1. The quantitative estimate of drug-likeness (QED) is 0.782. The molecule has 2 atom stereocenters. The molecule has 2 amide bonds. The van der Waals surface area contributed by atoms with Gasteiger partial charge in [-0.25, -0.2) is 4.79 Å². The first-order chi connectivity index (χ1) is 10.6. The molecule has 0 bridgehead atoms. The lowest BCUT2D eigenvalue weighted by atomic mass is 9.98. The second kappa shape index (κ2) is 6.17. The predicted molar refractivity (Wildman–Crippen MR) is 78.1 cm³/mol. The number of esters is 1. The lowest BCUT2D eigenvalue weighted by molar-refractivity contribution is -0.134. The first-order valence-electron chi connectivity index (χ1n) is 7.52. The minimum Gasteiger partial charge on any atom is -0.448 e. The van der Waals surface area contributed by atoms with Gasteiger partial charge in [0.25, 0.3) is 5.91 Å². The van der Waals surface area contributed by atoms with Gasteiger partial charge in [0.1, 0.15) is 6.04 Å². The topological polar surface area (TPSA) is 84.5 Å². The van der Waals surface area contributed by atoms with Gasteiger partial charge >= 0.3 is 5.97 Å². The van der Waals surface area contributed by atoms with Crippen LogP contribution in [0.1, 0.15) is 35.2 Å². The van der Waals surface area contributed by atoms with E-state index in [4.69, 9.17) is 4.74 Å². The number of fused-ring (bicyclic) bond motifs is 1. The third-order valence-corrected chi connectivity index (χ3v) is 4.04. The van der Waals surface area contributed by atoms with Gasteiger partial charge in [0.05, 0.1) is 5.56 Å². The van der Waals surface area contributed by atoms with Gasteiger partial charge in [-0.15, -0.1) is 0 Å². The summed E-state index contributed by atoms with van der Waals surface area (Å²) in [6.07, 6.45) is 1.84. The average Bonchev–Trinajstić information content (AvgIpc) is 2.72. The van der Waals surface area contributed by atoms with Crippen molar-refractivity contribution in [2.24, 2.45) is 0 Å². The number of amides is 2. The van der Waals surface area contributed by atoms with Gasteiger partial charge in [0, 0.05) is 13.0 Å². The largest absolute Gasteiger partial charge is 0.448 e. The van der Waals surface area contributed by atoms with E-state index in [0.29, 0.717) is 24.9 Å². The zero-order valence-corrected chi connectivity index (χ0v) is 12.1. The number of ether oxygens (including phenoxy) is 1. The average molecular weight is 302 g/mol. The zero-order chi connectivity index (χ0) is 15.5. The molecule has 0 aromatic heterocycles. The number of hydrogen-bond donors (Lipinski definition) is 2. The molecule has 1 saturated heterocycles. The van der Waals surface area contributed by atoms with Gasteiger partial charge in [-0.3, -0.25) is 9.59 Å². The Morgan fingerprint density at radius 1 is 1.23 bits per heavy atom. The third kappa shape index (κ3) is 2.95. The number of carbonyl (C=O) groups excluding carboxylic acids is 3. The molecule has 1 fully saturated rings. The molecule has 116 valence electrons. The Hall–Kier alpha value is -2.37. The molecule has 2 N–H and O–H groups in total. The molecule has 0 saturated carbocycles. The van der Waals surface area contributed by atoms with Gasteiger partial charge in [-0.05, 0) is 30.9 Å². The third-order valence-electron chi connectivity index (χ3n) is 4.04. The molecular formula is C16H18N2O4. The number of hydrogen-bond acceptors (Lipinski definition) is 4. The van der Waals surface area contributed by atoms with Crippen molar-refractivity contribution in [3.63, 3.8) is 0 Å². The highest BCUT2D eigenvalue weighted by atomic mass is 16.5. The number of carbonyl (C=O) groups is 3. The van der Waals surface area contributed by atoms with Gasteiger partial charge in [0.15, 0.2) is 6.10 Å². The molecule has 22 heavy (non-hydrogen) atoms. The van der Waals surface area contributed by atoms with Crippen LogP contribution in [0.15, 0.2) is 24.3 Å². The highest BCUT2D eigenvalue weighted by Gasteiger charge is 2.33. The zero-order valence-electron chi connectivity index (χ0n) is 12.1. The van der Waals surface area contributed by atoms with Gasteiger partial charge in [0.2, 0.25) is 5.91 Å². The van der Waals surface area contributed by atoms with Crippen LogP contribution in [-0.4, -0.2) is 36.5 Å². The fourth-order valence-corrected chi connectivity index (χ4v) is 2.82. The molecular weight excluding hydrogens is 284 g/mol. The summed E-state index contributed by atoms with van der Waals surface area (Å²) in [5.74, 6) is -1.08. The summed E-state index contributed by atoms with van der Waals surface area (Å²) in [6.45, 7) is 0.636. The number of cyclic esters (lactones) is 1. The first-order valence-corrected chi connectivity index (χ1v) is 7.52. The van der Waals surface area contributed by atoms with E-state index < -0.39 is 24.0 Å². The fraction of sp³-hybridized carbons (Fsp3) is 0.438. The van der Waals surface area contributed by atoms with Crippen LogP contribution in [0.2, 0.25) is 0 Å². The molecule has 2 heterocycles. The van der Waals surface area contributed by atoms with Crippen LogP contribution in [0.5, 0.6) is 0 Å². The van der Waals surface area contributed by atoms with E-state index in [1.54, 1.807) is 12.1 Å². The van der Waals surface area contributed by atoms with E-state index >= 15 is 0 Å². The summed E-state index contributed by atoms with van der Waals surface area (Å²) in [5, 5.41) is 5.47. The van der Waals surface area contributed by atoms with Crippen molar-refractivity contribution in [1.29, 1.82) is 0 Å². The normalized spacial score (nSPS) is 24.5. The Kier molecular flexibility index (Phi) is 4.09. The molecule has 1 aromatic carbocycles. The summed E-state index contributed by atoms with van der Waals surface area (Å²) in [5.41, 5.74) is 1.29. The number of nitrogens with one attached hydrogen (secondary N) is 2. The van der Waals surface area contributed by atoms with Crippen LogP contribution in [0.25, 0.3) is 0 Å². The van der Waals surface area contributed by atoms with E-state index in [1.807, 2.05) is 12.1 Å². The van der Waals surface area contributed by atoms with Gasteiger partial charge in [-0.1, -0.05) is 18.2 Å². The molecule has 1 aromatic rings. The van der Waals surface area contributed by atoms with E-state index in [9.17, 15) is 14.4 Å². The summed E-state index contributed by atoms with van der Waals surface area (Å²) >= 11 is 0. The highest BCUT2D eigenvalue weighted by Crippen LogP contribution is 2.20. The molecule has 0 spiro atoms. The second-order valence-corrected chi connectivity index (χ2v) is 5.60. The number of rotatable bonds is 2. The first kappa shape index (κ1) is 14.6. The van der Waals surface area contributed by atoms with E-state index in [2.05, 4.69) is 10.6 Å². The van der Waals surface area contributed by atoms with E-state index in [0.717, 1.165) is 18.4 Å². The van der Waals surface area contributed by atoms with Crippen molar-refractivity contribution >= 4 is 17.8 Å². The molecule has 6 heteroatoms. The van der Waals surface area contributed by atoms with Crippen molar-refractivity contribution < 1.29 is 19.1 Å². The maximum Gasteiger partial charge on any atom is 0.339 e. The summed E-state index contributed by atoms with van der Waals surface area (Å²) in [7, 11) is 0. The molecule has 6 nitrogen and oxygen atoms in total. The molecule has 2 aliphatic rings. The predicted octanol–water partition coefficient (Wildman–Crippen LogP) is 0.553. The smallest absolute Gasteiger partial charge is 0.339 e. The van der Waals surface area contributed by atoms with Crippen molar-refractivity contribution in [3.05, 3.63) is 35.4 Å². The second-order valence-electron chi connectivity index (χ2n) is 5.60. The van der Waals surface area contributed by atoms with Crippen molar-refractivity contribution in [2.45, 2.75) is 37.8 Å². The summed E-state index contributed by atoms with van der Waals surface area (Å²) in [4.78, 5) is 36.1. The highest BCUT2D eigenvalue weighted by molar-refractivity contribution is 5.96. The monoisotopic (exact) mass is 302 g/mol. The summed E-state index contributed by atoms with van der Waals surface area (Å²) in [6, 6.07) is 6.53. The molecule has 2 unspecified atom stereocenters. The van der Waals surface area contributed by atoms with Crippen LogP contribution in [0.4, 0.5) is 0 Å². The van der Waals surface area contributed by atoms with Gasteiger partial charge < -0.3 is 15.4 Å². The molecule has 0 aliphatic carbocycles. The minimum absolute atomic E-state index is 0.173. The molecule has 3 rings (SSSR count).